The summed E-state index contributed by atoms with van der Waals surface area (Å²) in [6.07, 6.45) is 1.55. The normalized spacial score (nSPS) is 13.3. The molecule has 6 aromatic rings. The van der Waals surface area contributed by atoms with Crippen LogP contribution in [0.2, 0.25) is 0 Å². The number of carbonyl (C=O) groups excluding carboxylic acids is 2. The van der Waals surface area contributed by atoms with Gasteiger partial charge < -0.3 is 48.1 Å². The molecule has 6 aromatic heterocycles. The Morgan fingerprint density at radius 2 is 1.10 bits per heavy atom. The van der Waals surface area contributed by atoms with Gasteiger partial charge in [-0.3, -0.25) is 18.7 Å². The zero-order valence-corrected chi connectivity index (χ0v) is 36.0. The molecule has 1 aliphatic heterocycles. The van der Waals surface area contributed by atoms with Crippen LogP contribution in [0.5, 0.6) is 11.8 Å². The molecule has 2 N–H and O–H groups in total. The average Bonchev–Trinajstić information content (AvgIpc) is 4.03. The molecular formula is C42H48N6O12S2. The van der Waals surface area contributed by atoms with Crippen molar-refractivity contribution in [3.63, 3.8) is 0 Å². The first kappa shape index (κ1) is 45.0. The van der Waals surface area contributed by atoms with E-state index < -0.39 is 11.8 Å². The van der Waals surface area contributed by atoms with Crippen LogP contribution < -0.4 is 0 Å². The number of pyridine rings is 2. The van der Waals surface area contributed by atoms with Crippen molar-refractivity contribution < 1.29 is 57.7 Å². The molecule has 0 radical (unpaired) electrons. The van der Waals surface area contributed by atoms with Crippen LogP contribution in [0.4, 0.5) is 0 Å². The smallest absolute Gasteiger partial charge is 0.297 e. The standard InChI is InChI=1S/C42H48N6O12S2/c1-53-13-15-57-21-23-59-19-17-55-11-9-47-37-27(4-3-8-43-37)33(41(47)51)35-39(49)46-36(40(50)45-35)34-28-5-6-29(31-26-32-30(62-31)7-25-61-32)44-38(28)48(42(34)52)10-12-56-18-20-60-24-22-58-16-14-54-2/h3-8,25-26,51-52H,9-24H2,1-2H3. The summed E-state index contributed by atoms with van der Waals surface area (Å²) in [7, 11) is 3.22. The van der Waals surface area contributed by atoms with E-state index in [1.165, 1.54) is 9.13 Å². The first-order valence-corrected chi connectivity index (χ1v) is 21.7. The van der Waals surface area contributed by atoms with Gasteiger partial charge in [-0.05, 0) is 41.8 Å². The van der Waals surface area contributed by atoms with Gasteiger partial charge in [0.25, 0.3) is 11.8 Å². The number of aliphatic imine (C=N–C) groups is 2. The van der Waals surface area contributed by atoms with Gasteiger partial charge in [0, 0.05) is 40.6 Å². The van der Waals surface area contributed by atoms with Crippen LogP contribution in [0.25, 0.3) is 42.0 Å². The number of nitrogens with zero attached hydrogens (tertiary/aromatic N) is 6. The Morgan fingerprint density at radius 3 is 1.63 bits per heavy atom. The van der Waals surface area contributed by atoms with Crippen LogP contribution in [0.15, 0.2) is 58.0 Å². The summed E-state index contributed by atoms with van der Waals surface area (Å²) in [4.78, 5) is 46.6. The zero-order valence-electron chi connectivity index (χ0n) is 34.4. The van der Waals surface area contributed by atoms with Crippen LogP contribution in [0, 0.1) is 0 Å². The molecule has 0 bridgehead atoms. The SMILES string of the molecule is COCCOCCOCCOCCn1c(O)c(C2=NC(=O)C(c3c(O)n(CCOCCOCCOCCOC)c4nc(-c5cc6sccc6s5)ccc34)=NC2=O)c2cccnc21. The van der Waals surface area contributed by atoms with E-state index in [0.29, 0.717) is 107 Å². The molecule has 7 heterocycles. The van der Waals surface area contributed by atoms with E-state index in [1.54, 1.807) is 67.4 Å². The number of ether oxygens (including phenoxy) is 8. The number of fused-ring (bicyclic) bond motifs is 3. The van der Waals surface area contributed by atoms with Gasteiger partial charge in [0.05, 0.1) is 127 Å². The molecule has 0 aromatic carbocycles. The summed E-state index contributed by atoms with van der Waals surface area (Å²) in [6, 6.07) is 11.0. The van der Waals surface area contributed by atoms with Crippen molar-refractivity contribution in [2.24, 2.45) is 9.98 Å². The van der Waals surface area contributed by atoms with Crippen molar-refractivity contribution in [1.82, 2.24) is 19.1 Å². The number of methoxy groups -OCH3 is 2. The van der Waals surface area contributed by atoms with E-state index in [2.05, 4.69) is 27.1 Å². The van der Waals surface area contributed by atoms with Gasteiger partial charge in [0.2, 0.25) is 11.8 Å². The first-order valence-electron chi connectivity index (χ1n) is 20.0. The molecule has 20 heteroatoms. The Balaban J connectivity index is 1.07. The number of hydrogen-bond acceptors (Lipinski definition) is 16. The van der Waals surface area contributed by atoms with Gasteiger partial charge in [-0.1, -0.05) is 0 Å². The molecule has 0 fully saturated rings. The maximum absolute atomic E-state index is 14.0. The lowest BCUT2D eigenvalue weighted by molar-refractivity contribution is -0.115. The Kier molecular flexibility index (Phi) is 16.3. The molecule has 1 aliphatic rings. The number of carbonyl (C=O) groups is 2. The van der Waals surface area contributed by atoms with Crippen LogP contribution in [0.3, 0.4) is 0 Å². The number of rotatable bonds is 27. The highest BCUT2D eigenvalue weighted by molar-refractivity contribution is 7.28. The molecule has 0 spiro atoms. The van der Waals surface area contributed by atoms with Crippen molar-refractivity contribution in [3.8, 4) is 22.3 Å². The van der Waals surface area contributed by atoms with Gasteiger partial charge in [-0.2, -0.15) is 0 Å². The number of thiophene rings is 2. The number of hydrogen-bond donors (Lipinski definition) is 2. The minimum absolute atomic E-state index is 0.0113. The maximum Gasteiger partial charge on any atom is 0.297 e. The van der Waals surface area contributed by atoms with Crippen molar-refractivity contribution in [3.05, 3.63) is 59.1 Å². The third-order valence-electron chi connectivity index (χ3n) is 9.64. The minimum atomic E-state index is -0.882. The van der Waals surface area contributed by atoms with Gasteiger partial charge >= 0.3 is 0 Å². The van der Waals surface area contributed by atoms with Crippen molar-refractivity contribution >= 4 is 77.4 Å². The van der Waals surface area contributed by atoms with Gasteiger partial charge in [-0.25, -0.2) is 20.0 Å². The highest BCUT2D eigenvalue weighted by atomic mass is 32.1. The third kappa shape index (κ3) is 10.6. The molecule has 7 rings (SSSR count). The van der Waals surface area contributed by atoms with E-state index in [-0.39, 0.29) is 60.6 Å². The highest BCUT2D eigenvalue weighted by Crippen LogP contribution is 2.39. The molecular weight excluding hydrogens is 845 g/mol. The Labute approximate surface area is 364 Å². The summed E-state index contributed by atoms with van der Waals surface area (Å²) in [5.74, 6) is -2.41. The number of aromatic nitrogens is 4. The molecule has 0 saturated heterocycles. The number of amides is 2. The summed E-state index contributed by atoms with van der Waals surface area (Å²) in [6.45, 7) is 5.68. The summed E-state index contributed by atoms with van der Waals surface area (Å²) in [5, 5.41) is 26.1. The van der Waals surface area contributed by atoms with Crippen LogP contribution >= 0.6 is 22.7 Å². The third-order valence-corrected chi connectivity index (χ3v) is 11.8. The lowest BCUT2D eigenvalue weighted by Crippen LogP contribution is -2.28. The van der Waals surface area contributed by atoms with Crippen LogP contribution in [-0.2, 0) is 60.6 Å². The molecule has 0 aliphatic carbocycles. The van der Waals surface area contributed by atoms with E-state index in [1.807, 2.05) is 5.38 Å². The quantitative estimate of drug-likeness (QED) is 0.0684. The molecule has 0 atom stereocenters. The monoisotopic (exact) mass is 892 g/mol. The second kappa shape index (κ2) is 22.4. The fraction of sp³-hybridized carbons (Fsp3) is 0.429. The lowest BCUT2D eigenvalue weighted by atomic mass is 10.0. The van der Waals surface area contributed by atoms with E-state index in [9.17, 15) is 19.8 Å². The molecule has 62 heavy (non-hydrogen) atoms. The highest BCUT2D eigenvalue weighted by Gasteiger charge is 2.35. The van der Waals surface area contributed by atoms with Crippen molar-refractivity contribution in [2.75, 3.05) is 107 Å². The van der Waals surface area contributed by atoms with Crippen LogP contribution in [-0.4, -0.2) is 159 Å². The van der Waals surface area contributed by atoms with Crippen molar-refractivity contribution in [1.29, 1.82) is 0 Å². The average molecular weight is 893 g/mol. The summed E-state index contributed by atoms with van der Waals surface area (Å²) >= 11 is 3.23. The zero-order chi connectivity index (χ0) is 43.3. The second-order valence-corrected chi connectivity index (χ2v) is 15.6. The number of aromatic hydroxyl groups is 2. The van der Waals surface area contributed by atoms with Crippen LogP contribution in [0.1, 0.15) is 11.1 Å². The minimum Gasteiger partial charge on any atom is -0.494 e. The Bertz CT molecular complexity index is 2500. The van der Waals surface area contributed by atoms with E-state index in [0.717, 1.165) is 14.3 Å². The summed E-state index contributed by atoms with van der Waals surface area (Å²) in [5.41, 5.74) is 0.715. The Hall–Kier alpha value is -5.00. The second-order valence-electron chi connectivity index (χ2n) is 13.6. The molecule has 0 saturated carbocycles. The predicted octanol–water partition coefficient (Wildman–Crippen LogP) is 4.48. The molecule has 18 nitrogen and oxygen atoms in total. The fourth-order valence-electron chi connectivity index (χ4n) is 6.70. The molecule has 2 amide bonds. The van der Waals surface area contributed by atoms with Crippen molar-refractivity contribution in [2.45, 2.75) is 13.1 Å². The molecule has 330 valence electrons. The van der Waals surface area contributed by atoms with E-state index >= 15 is 0 Å². The maximum atomic E-state index is 14.0. The van der Waals surface area contributed by atoms with Gasteiger partial charge in [0.1, 0.15) is 22.7 Å². The Morgan fingerprint density at radius 1 is 0.597 bits per heavy atom. The predicted molar refractivity (Wildman–Crippen MR) is 233 cm³/mol. The topological polar surface area (TPSA) is 209 Å². The van der Waals surface area contributed by atoms with Gasteiger partial charge in [-0.15, -0.1) is 22.7 Å². The van der Waals surface area contributed by atoms with E-state index in [4.69, 9.17) is 42.9 Å². The summed E-state index contributed by atoms with van der Waals surface area (Å²) < 4.78 is 48.6. The fourth-order valence-corrected chi connectivity index (χ4v) is 8.78. The largest absolute Gasteiger partial charge is 0.494 e. The lowest BCUT2D eigenvalue weighted by Gasteiger charge is -2.12. The first-order chi connectivity index (χ1) is 30.4. The van der Waals surface area contributed by atoms with Gasteiger partial charge in [0.15, 0.2) is 0 Å². The molecule has 0 unspecified atom stereocenters.